The minimum atomic E-state index is -4.60. The molecule has 0 saturated carbocycles. The van der Waals surface area contributed by atoms with Gasteiger partial charge in [0.25, 0.3) is 0 Å². The third-order valence-electron chi connectivity index (χ3n) is 5.74. The van der Waals surface area contributed by atoms with Gasteiger partial charge >= 0.3 is 18.2 Å². The van der Waals surface area contributed by atoms with Crippen molar-refractivity contribution < 1.29 is 32.6 Å². The van der Waals surface area contributed by atoms with Crippen molar-refractivity contribution in [2.24, 2.45) is 0 Å². The smallest absolute Gasteiger partial charge is 0.416 e. The van der Waals surface area contributed by atoms with Crippen LogP contribution in [0.2, 0.25) is 5.02 Å². The maximum atomic E-state index is 13.6. The van der Waals surface area contributed by atoms with Gasteiger partial charge in [-0.05, 0) is 65.1 Å². The van der Waals surface area contributed by atoms with Crippen LogP contribution in [0.5, 0.6) is 5.75 Å². The normalized spacial score (nSPS) is 12.1. The molecule has 3 N–H and O–H groups in total. The number of carboxylic acids is 1. The molecule has 37 heavy (non-hydrogen) atoms. The fourth-order valence-electron chi connectivity index (χ4n) is 3.92. The van der Waals surface area contributed by atoms with E-state index in [-0.39, 0.29) is 18.5 Å². The maximum Gasteiger partial charge on any atom is 0.416 e. The number of nitrogens with one attached hydrogen (secondary N) is 2. The van der Waals surface area contributed by atoms with E-state index in [9.17, 15) is 27.9 Å². The van der Waals surface area contributed by atoms with Crippen molar-refractivity contribution >= 4 is 23.6 Å². The molecular formula is C27H26ClF3N2O4. The van der Waals surface area contributed by atoms with Crippen LogP contribution >= 0.6 is 11.6 Å². The number of benzene rings is 3. The Morgan fingerprint density at radius 1 is 1.00 bits per heavy atom. The fraction of sp³-hybridized carbons (Fsp3) is 0.259. The highest BCUT2D eigenvalue weighted by Gasteiger charge is 2.32. The summed E-state index contributed by atoms with van der Waals surface area (Å²) in [6.45, 7) is 1.94. The molecular weight excluding hydrogens is 509 g/mol. The number of rotatable bonds is 9. The molecule has 0 aliphatic heterocycles. The minimum Gasteiger partial charge on any atom is -0.496 e. The number of aliphatic carboxylic acids is 1. The van der Waals surface area contributed by atoms with Gasteiger partial charge in [-0.2, -0.15) is 13.2 Å². The molecule has 0 radical (unpaired) electrons. The monoisotopic (exact) mass is 534 g/mol. The van der Waals surface area contributed by atoms with Crippen LogP contribution in [0.15, 0.2) is 60.7 Å². The Kier molecular flexibility index (Phi) is 9.04. The second-order valence-electron chi connectivity index (χ2n) is 8.32. The van der Waals surface area contributed by atoms with Gasteiger partial charge in [0.15, 0.2) is 0 Å². The molecule has 3 rings (SSSR count). The van der Waals surface area contributed by atoms with E-state index in [1.165, 1.54) is 13.2 Å². The number of alkyl halides is 3. The number of methoxy groups -OCH3 is 1. The predicted molar refractivity (Wildman–Crippen MR) is 135 cm³/mol. The lowest BCUT2D eigenvalue weighted by molar-refractivity contribution is -0.138. The Morgan fingerprint density at radius 3 is 2.27 bits per heavy atom. The molecule has 3 aromatic rings. The molecule has 0 saturated heterocycles. The number of amides is 2. The summed E-state index contributed by atoms with van der Waals surface area (Å²) in [6, 6.07) is 13.5. The van der Waals surface area contributed by atoms with Crippen LogP contribution in [0.3, 0.4) is 0 Å². The SMILES string of the molecule is CCC(NC(=O)NCc1ccc(Cl)cc1)c1cc(C(F)(F)F)ccc1-c1cc(CC(=O)O)ccc1OC. The van der Waals surface area contributed by atoms with Crippen molar-refractivity contribution in [1.29, 1.82) is 0 Å². The Balaban J connectivity index is 1.99. The second-order valence-corrected chi connectivity index (χ2v) is 8.76. The van der Waals surface area contributed by atoms with Gasteiger partial charge in [0, 0.05) is 17.1 Å². The highest BCUT2D eigenvalue weighted by molar-refractivity contribution is 6.30. The molecule has 0 heterocycles. The summed E-state index contributed by atoms with van der Waals surface area (Å²) in [5.41, 5.74) is 1.43. The van der Waals surface area contributed by atoms with E-state index in [0.29, 0.717) is 33.9 Å². The van der Waals surface area contributed by atoms with Gasteiger partial charge in [0.2, 0.25) is 0 Å². The molecule has 196 valence electrons. The topological polar surface area (TPSA) is 87.7 Å². The number of urea groups is 1. The van der Waals surface area contributed by atoms with E-state index in [1.54, 1.807) is 49.4 Å². The molecule has 2 amide bonds. The maximum absolute atomic E-state index is 13.6. The summed E-state index contributed by atoms with van der Waals surface area (Å²) in [7, 11) is 1.42. The zero-order valence-electron chi connectivity index (χ0n) is 20.2. The van der Waals surface area contributed by atoms with Crippen LogP contribution in [-0.2, 0) is 23.9 Å². The van der Waals surface area contributed by atoms with E-state index in [4.69, 9.17) is 16.3 Å². The number of carboxylic acid groups (broad SMARTS) is 1. The number of hydrogen-bond acceptors (Lipinski definition) is 3. The molecule has 0 fully saturated rings. The minimum absolute atomic E-state index is 0.194. The third-order valence-corrected chi connectivity index (χ3v) is 6.00. The summed E-state index contributed by atoms with van der Waals surface area (Å²) in [5, 5.41) is 15.2. The first-order valence-corrected chi connectivity index (χ1v) is 11.8. The number of carbonyl (C=O) groups excluding carboxylic acids is 1. The number of ether oxygens (including phenoxy) is 1. The first-order chi connectivity index (χ1) is 17.5. The Hall–Kier alpha value is -3.72. The van der Waals surface area contributed by atoms with Gasteiger partial charge < -0.3 is 20.5 Å². The van der Waals surface area contributed by atoms with Gasteiger partial charge in [-0.1, -0.05) is 42.8 Å². The van der Waals surface area contributed by atoms with Gasteiger partial charge in [-0.3, -0.25) is 4.79 Å². The van der Waals surface area contributed by atoms with Crippen LogP contribution in [0, 0.1) is 0 Å². The van der Waals surface area contributed by atoms with Crippen molar-refractivity contribution in [3.05, 3.63) is 87.9 Å². The standard InChI is InChI=1S/C27H26ClF3N2O4/c1-3-23(33-26(36)32-15-16-4-8-19(28)9-5-16)21-14-18(27(29,30)31)7-10-20(21)22-12-17(13-25(34)35)6-11-24(22)37-2/h4-12,14,23H,3,13,15H2,1-2H3,(H,34,35)(H2,32,33,36). The largest absolute Gasteiger partial charge is 0.496 e. The second kappa shape index (κ2) is 12.0. The molecule has 0 aliphatic rings. The van der Waals surface area contributed by atoms with Crippen LogP contribution in [0.1, 0.15) is 41.6 Å². The van der Waals surface area contributed by atoms with Crippen LogP contribution < -0.4 is 15.4 Å². The van der Waals surface area contributed by atoms with Crippen molar-refractivity contribution in [2.45, 2.75) is 38.5 Å². The Morgan fingerprint density at radius 2 is 1.68 bits per heavy atom. The highest BCUT2D eigenvalue weighted by atomic mass is 35.5. The summed E-state index contributed by atoms with van der Waals surface area (Å²) < 4.78 is 46.3. The molecule has 1 unspecified atom stereocenters. The first-order valence-electron chi connectivity index (χ1n) is 11.4. The quantitative estimate of drug-likeness (QED) is 0.288. The lowest BCUT2D eigenvalue weighted by Gasteiger charge is -2.24. The Bertz CT molecular complexity index is 1260. The van der Waals surface area contributed by atoms with Crippen LogP contribution in [-0.4, -0.2) is 24.2 Å². The molecule has 0 aliphatic carbocycles. The zero-order chi connectivity index (χ0) is 27.2. The van der Waals surface area contributed by atoms with Gasteiger partial charge in [-0.25, -0.2) is 4.79 Å². The summed E-state index contributed by atoms with van der Waals surface area (Å²) in [6.07, 6.45) is -4.58. The molecule has 1 atom stereocenters. The third kappa shape index (κ3) is 7.39. The Labute approximate surface area is 217 Å². The average Bonchev–Trinajstić information content (AvgIpc) is 2.85. The number of halogens is 4. The molecule has 10 heteroatoms. The van der Waals surface area contributed by atoms with Crippen molar-refractivity contribution in [2.75, 3.05) is 7.11 Å². The van der Waals surface area contributed by atoms with Gasteiger partial charge in [-0.15, -0.1) is 0 Å². The summed E-state index contributed by atoms with van der Waals surface area (Å²) in [5.74, 6) is -0.689. The van der Waals surface area contributed by atoms with Crippen LogP contribution in [0.4, 0.5) is 18.0 Å². The fourth-order valence-corrected chi connectivity index (χ4v) is 4.04. The van der Waals surface area contributed by atoms with E-state index in [2.05, 4.69) is 10.6 Å². The van der Waals surface area contributed by atoms with Crippen molar-refractivity contribution in [1.82, 2.24) is 10.6 Å². The molecule has 0 spiro atoms. The van der Waals surface area contributed by atoms with Crippen molar-refractivity contribution in [3.8, 4) is 16.9 Å². The molecule has 0 aromatic heterocycles. The summed E-state index contributed by atoms with van der Waals surface area (Å²) >= 11 is 5.88. The van der Waals surface area contributed by atoms with Gasteiger partial charge in [0.1, 0.15) is 5.75 Å². The van der Waals surface area contributed by atoms with E-state index in [1.807, 2.05) is 0 Å². The lowest BCUT2D eigenvalue weighted by Crippen LogP contribution is -2.37. The zero-order valence-corrected chi connectivity index (χ0v) is 20.9. The molecule has 6 nitrogen and oxygen atoms in total. The van der Waals surface area contributed by atoms with Gasteiger partial charge in [0.05, 0.1) is 25.1 Å². The van der Waals surface area contributed by atoms with E-state index in [0.717, 1.165) is 17.7 Å². The number of carbonyl (C=O) groups is 2. The van der Waals surface area contributed by atoms with E-state index >= 15 is 0 Å². The van der Waals surface area contributed by atoms with Crippen LogP contribution in [0.25, 0.3) is 11.1 Å². The van der Waals surface area contributed by atoms with E-state index < -0.39 is 29.8 Å². The predicted octanol–water partition coefficient (Wildman–Crippen LogP) is 6.61. The average molecular weight is 535 g/mol. The number of hydrogen-bond donors (Lipinski definition) is 3. The molecule has 3 aromatic carbocycles. The van der Waals surface area contributed by atoms with Crippen molar-refractivity contribution in [3.63, 3.8) is 0 Å². The highest BCUT2D eigenvalue weighted by Crippen LogP contribution is 2.40. The molecule has 0 bridgehead atoms. The lowest BCUT2D eigenvalue weighted by atomic mass is 9.90. The first kappa shape index (κ1) is 27.9. The summed E-state index contributed by atoms with van der Waals surface area (Å²) in [4.78, 5) is 23.9.